The summed E-state index contributed by atoms with van der Waals surface area (Å²) in [6.45, 7) is 0. The van der Waals surface area contributed by atoms with E-state index in [1.165, 1.54) is 54.9 Å². The molecule has 0 atom stereocenters. The van der Waals surface area contributed by atoms with Gasteiger partial charge in [-0.05, 0) is 24.3 Å². The van der Waals surface area contributed by atoms with Crippen molar-refractivity contribution in [1.82, 2.24) is 4.98 Å². The van der Waals surface area contributed by atoms with Crippen molar-refractivity contribution in [1.29, 1.82) is 0 Å². The average molecular weight is 373 g/mol. The number of anilines is 1. The first-order valence-electron chi connectivity index (χ1n) is 8.19. The molecule has 2 heterocycles. The van der Waals surface area contributed by atoms with Crippen LogP contribution in [0.1, 0.15) is 36.6 Å². The number of hydrogen-bond acceptors (Lipinski definition) is 6. The van der Waals surface area contributed by atoms with Crippen molar-refractivity contribution in [2.45, 2.75) is 0 Å². The number of ketones is 1. The number of rotatable bonds is 4. The molecule has 28 heavy (non-hydrogen) atoms. The summed E-state index contributed by atoms with van der Waals surface area (Å²) in [7, 11) is 0. The number of nitrogens with zero attached hydrogens (tertiary/aromatic N) is 3. The summed E-state index contributed by atoms with van der Waals surface area (Å²) in [5.74, 6) is -1.53. The summed E-state index contributed by atoms with van der Waals surface area (Å²) in [6.07, 6.45) is 2.92. The highest BCUT2D eigenvalue weighted by molar-refractivity contribution is 6.34. The van der Waals surface area contributed by atoms with Gasteiger partial charge in [0.05, 0.1) is 27.9 Å². The predicted octanol–water partition coefficient (Wildman–Crippen LogP) is 3.02. The molecule has 2 amide bonds. The number of pyridine rings is 1. The summed E-state index contributed by atoms with van der Waals surface area (Å²) in [4.78, 5) is 53.3. The Balaban J connectivity index is 1.72. The molecular formula is C20H11N3O5. The summed E-state index contributed by atoms with van der Waals surface area (Å²) in [5, 5.41) is 10.9. The largest absolute Gasteiger partial charge is 0.289 e. The van der Waals surface area contributed by atoms with Crippen molar-refractivity contribution < 1.29 is 19.3 Å². The monoisotopic (exact) mass is 373 g/mol. The number of non-ortho nitro benzene ring substituents is 1. The maximum atomic E-state index is 12.7. The van der Waals surface area contributed by atoms with Crippen molar-refractivity contribution in [2.75, 3.05) is 4.90 Å². The highest BCUT2D eigenvalue weighted by Gasteiger charge is 2.37. The van der Waals surface area contributed by atoms with Crippen LogP contribution in [0.3, 0.4) is 0 Å². The number of imide groups is 1. The molecule has 0 aliphatic carbocycles. The fraction of sp³-hybridized carbons (Fsp3) is 0. The minimum atomic E-state index is -0.590. The fourth-order valence-electron chi connectivity index (χ4n) is 3.03. The van der Waals surface area contributed by atoms with E-state index in [9.17, 15) is 24.5 Å². The standard InChI is InChI=1S/C20H11N3O5/c24-18(12-3-1-4-14(9-12)23(27)28)13-6-7-16-17(10-13)20(26)22(19(16)25)15-5-2-8-21-11-15/h1-11H. The topological polar surface area (TPSA) is 110 Å². The van der Waals surface area contributed by atoms with E-state index in [-0.39, 0.29) is 27.9 Å². The molecule has 136 valence electrons. The molecule has 0 fully saturated rings. The van der Waals surface area contributed by atoms with Gasteiger partial charge >= 0.3 is 0 Å². The first-order chi connectivity index (χ1) is 13.5. The molecule has 2 aromatic carbocycles. The first-order valence-corrected chi connectivity index (χ1v) is 8.19. The lowest BCUT2D eigenvalue weighted by atomic mass is 9.99. The van der Waals surface area contributed by atoms with Crippen molar-refractivity contribution in [3.63, 3.8) is 0 Å². The van der Waals surface area contributed by atoms with Crippen LogP contribution in [0.5, 0.6) is 0 Å². The van der Waals surface area contributed by atoms with Gasteiger partial charge in [0.1, 0.15) is 0 Å². The molecule has 0 radical (unpaired) electrons. The molecule has 8 heteroatoms. The van der Waals surface area contributed by atoms with Gasteiger partial charge in [-0.2, -0.15) is 0 Å². The quantitative estimate of drug-likeness (QED) is 0.301. The highest BCUT2D eigenvalue weighted by atomic mass is 16.6. The minimum Gasteiger partial charge on any atom is -0.289 e. The second-order valence-electron chi connectivity index (χ2n) is 6.05. The Morgan fingerprint density at radius 2 is 1.68 bits per heavy atom. The fourth-order valence-corrected chi connectivity index (χ4v) is 3.03. The summed E-state index contributed by atoms with van der Waals surface area (Å²) < 4.78 is 0. The Bertz CT molecular complexity index is 1160. The number of benzene rings is 2. The van der Waals surface area contributed by atoms with Gasteiger partial charge in [0.15, 0.2) is 5.78 Å². The van der Waals surface area contributed by atoms with Crippen molar-refractivity contribution in [3.05, 3.63) is 99.4 Å². The summed E-state index contributed by atoms with van der Waals surface area (Å²) in [5.41, 5.74) is 0.694. The van der Waals surface area contributed by atoms with E-state index in [4.69, 9.17) is 0 Å². The third-order valence-electron chi connectivity index (χ3n) is 4.37. The van der Waals surface area contributed by atoms with Crippen LogP contribution in [0.25, 0.3) is 0 Å². The van der Waals surface area contributed by atoms with Crippen LogP contribution in [0, 0.1) is 10.1 Å². The molecule has 1 aromatic heterocycles. The molecule has 0 spiro atoms. The van der Waals surface area contributed by atoms with Crippen LogP contribution in [-0.4, -0.2) is 27.5 Å². The lowest BCUT2D eigenvalue weighted by Crippen LogP contribution is -2.29. The SMILES string of the molecule is O=C(c1cccc([N+](=O)[O-])c1)c1ccc2c(c1)C(=O)N(c1cccnc1)C2=O. The number of aromatic nitrogens is 1. The van der Waals surface area contributed by atoms with Gasteiger partial charge < -0.3 is 0 Å². The Labute approximate surface area is 158 Å². The van der Waals surface area contributed by atoms with Crippen LogP contribution in [0.2, 0.25) is 0 Å². The maximum absolute atomic E-state index is 12.7. The van der Waals surface area contributed by atoms with Crippen LogP contribution in [-0.2, 0) is 0 Å². The Morgan fingerprint density at radius 1 is 0.929 bits per heavy atom. The zero-order valence-corrected chi connectivity index (χ0v) is 14.2. The molecule has 0 bridgehead atoms. The van der Waals surface area contributed by atoms with E-state index < -0.39 is 22.5 Å². The number of fused-ring (bicyclic) bond motifs is 1. The number of amides is 2. The predicted molar refractivity (Wildman–Crippen MR) is 98.3 cm³/mol. The van der Waals surface area contributed by atoms with Gasteiger partial charge in [0, 0.05) is 29.5 Å². The third-order valence-corrected chi connectivity index (χ3v) is 4.37. The normalized spacial score (nSPS) is 12.8. The maximum Gasteiger partial charge on any atom is 0.270 e. The zero-order valence-electron chi connectivity index (χ0n) is 14.2. The third kappa shape index (κ3) is 2.73. The van der Waals surface area contributed by atoms with E-state index in [0.717, 1.165) is 4.90 Å². The van der Waals surface area contributed by atoms with Gasteiger partial charge in [-0.1, -0.05) is 18.2 Å². The van der Waals surface area contributed by atoms with Crippen molar-refractivity contribution >= 4 is 29.0 Å². The molecule has 4 rings (SSSR count). The van der Waals surface area contributed by atoms with E-state index in [2.05, 4.69) is 4.98 Å². The Kier molecular flexibility index (Phi) is 4.00. The lowest BCUT2D eigenvalue weighted by Gasteiger charge is -2.12. The van der Waals surface area contributed by atoms with Crippen LogP contribution >= 0.6 is 0 Å². The zero-order chi connectivity index (χ0) is 19.8. The van der Waals surface area contributed by atoms with Gasteiger partial charge in [-0.15, -0.1) is 0 Å². The van der Waals surface area contributed by atoms with Gasteiger partial charge in [-0.3, -0.25) is 29.5 Å². The van der Waals surface area contributed by atoms with E-state index in [1.54, 1.807) is 12.1 Å². The van der Waals surface area contributed by atoms with E-state index in [0.29, 0.717) is 5.69 Å². The average Bonchev–Trinajstić information content (AvgIpc) is 2.98. The molecule has 1 aliphatic rings. The minimum absolute atomic E-state index is 0.102. The van der Waals surface area contributed by atoms with Crippen LogP contribution in [0.4, 0.5) is 11.4 Å². The van der Waals surface area contributed by atoms with Gasteiger partial charge in [-0.25, -0.2) is 4.90 Å². The molecule has 0 saturated heterocycles. The van der Waals surface area contributed by atoms with Crippen LogP contribution in [0.15, 0.2) is 67.0 Å². The smallest absolute Gasteiger partial charge is 0.270 e. The molecular weight excluding hydrogens is 362 g/mol. The van der Waals surface area contributed by atoms with Gasteiger partial charge in [0.2, 0.25) is 0 Å². The van der Waals surface area contributed by atoms with Gasteiger partial charge in [0.25, 0.3) is 17.5 Å². The molecule has 0 saturated carbocycles. The number of hydrogen-bond donors (Lipinski definition) is 0. The number of carbonyl (C=O) groups is 3. The highest BCUT2D eigenvalue weighted by Crippen LogP contribution is 2.29. The molecule has 3 aromatic rings. The Morgan fingerprint density at radius 3 is 2.39 bits per heavy atom. The van der Waals surface area contributed by atoms with Crippen molar-refractivity contribution in [3.8, 4) is 0 Å². The van der Waals surface area contributed by atoms with E-state index >= 15 is 0 Å². The second-order valence-corrected chi connectivity index (χ2v) is 6.05. The van der Waals surface area contributed by atoms with Crippen molar-refractivity contribution in [2.24, 2.45) is 0 Å². The molecule has 1 aliphatic heterocycles. The number of carbonyl (C=O) groups excluding carboxylic acids is 3. The van der Waals surface area contributed by atoms with Crippen LogP contribution < -0.4 is 4.90 Å². The second kappa shape index (κ2) is 6.51. The molecule has 0 unspecified atom stereocenters. The molecule has 0 N–H and O–H groups in total. The summed E-state index contributed by atoms with van der Waals surface area (Å²) in [6, 6.07) is 12.7. The van der Waals surface area contributed by atoms with E-state index in [1.807, 2.05) is 0 Å². The number of nitro groups is 1. The Hall–Kier alpha value is -4.20. The summed E-state index contributed by atoms with van der Waals surface area (Å²) >= 11 is 0. The molecule has 8 nitrogen and oxygen atoms in total. The lowest BCUT2D eigenvalue weighted by molar-refractivity contribution is -0.384. The first kappa shape index (κ1) is 17.2. The number of nitro benzene ring substituents is 1.